The lowest BCUT2D eigenvalue weighted by Gasteiger charge is -2.30. The van der Waals surface area contributed by atoms with Crippen LogP contribution in [0, 0.1) is 0 Å². The summed E-state index contributed by atoms with van der Waals surface area (Å²) in [5.41, 5.74) is 1.39. The van der Waals surface area contributed by atoms with Gasteiger partial charge in [0.05, 0.1) is 6.61 Å². The van der Waals surface area contributed by atoms with E-state index in [0.717, 1.165) is 21.2 Å². The monoisotopic (exact) mass is 596 g/mol. The molecule has 3 aromatic carbocycles. The molecule has 0 fully saturated rings. The highest BCUT2D eigenvalue weighted by molar-refractivity contribution is 9.10. The van der Waals surface area contributed by atoms with Crippen molar-refractivity contribution < 1.29 is 19.4 Å². The predicted molar refractivity (Wildman–Crippen MR) is 154 cm³/mol. The van der Waals surface area contributed by atoms with Gasteiger partial charge in [0, 0.05) is 46.6 Å². The quantitative estimate of drug-likeness (QED) is 0.197. The molecule has 0 saturated carbocycles. The van der Waals surface area contributed by atoms with E-state index in [-0.39, 0.29) is 18.9 Å². The summed E-state index contributed by atoms with van der Waals surface area (Å²) in [5.74, 6) is 0.828. The number of hydrogen-bond acceptors (Lipinski definition) is 5. The Hall–Kier alpha value is -3.13. The number of rotatable bonds is 12. The maximum Gasteiger partial charge on any atom is 0.252 e. The molecular weight excluding hydrogens is 568 g/mol. The third-order valence-electron chi connectivity index (χ3n) is 6.29. The van der Waals surface area contributed by atoms with Crippen molar-refractivity contribution in [3.8, 4) is 5.75 Å². The minimum absolute atomic E-state index is 0.0757. The largest absolute Gasteiger partial charge is 0.494 e. The smallest absolute Gasteiger partial charge is 0.252 e. The predicted octanol–water partition coefficient (Wildman–Crippen LogP) is 6.06. The number of nitrogens with one attached hydrogen (secondary N) is 1. The Morgan fingerprint density at radius 2 is 1.89 bits per heavy atom. The van der Waals surface area contributed by atoms with Gasteiger partial charge in [0.1, 0.15) is 5.75 Å². The van der Waals surface area contributed by atoms with Gasteiger partial charge < -0.3 is 19.9 Å². The summed E-state index contributed by atoms with van der Waals surface area (Å²) in [6.07, 6.45) is 2.54. The lowest BCUT2D eigenvalue weighted by atomic mass is 9.84. The minimum atomic E-state index is -1.24. The van der Waals surface area contributed by atoms with E-state index >= 15 is 0 Å². The maximum absolute atomic E-state index is 13.9. The molecule has 38 heavy (non-hydrogen) atoms. The number of hydrogen-bond donors (Lipinski definition) is 2. The first-order valence-corrected chi connectivity index (χ1v) is 13.6. The number of aliphatic hydroxyl groups is 1. The van der Waals surface area contributed by atoms with Crippen molar-refractivity contribution in [1.82, 2.24) is 5.32 Å². The number of aliphatic imine (C=N–C) groups is 1. The molecule has 0 unspecified atom stereocenters. The zero-order valence-electron chi connectivity index (χ0n) is 20.9. The number of aliphatic hydroxyl groups excluding tert-OH is 1. The summed E-state index contributed by atoms with van der Waals surface area (Å²) >= 11 is 9.63. The Morgan fingerprint density at radius 3 is 2.58 bits per heavy atom. The number of ether oxygens (including phenoxy) is 2. The molecule has 2 atom stereocenters. The van der Waals surface area contributed by atoms with E-state index in [4.69, 9.17) is 31.2 Å². The Kier molecular flexibility index (Phi) is 9.61. The number of nitrogens with zero attached hydrogens (tertiary/aromatic N) is 1. The van der Waals surface area contributed by atoms with Crippen LogP contribution in [0.15, 0.2) is 94.9 Å². The molecule has 2 N–H and O–H groups in total. The fourth-order valence-electron chi connectivity index (χ4n) is 4.32. The first-order chi connectivity index (χ1) is 18.5. The fourth-order valence-corrected chi connectivity index (χ4v) is 4.94. The first-order valence-electron chi connectivity index (χ1n) is 12.5. The first kappa shape index (κ1) is 27.9. The van der Waals surface area contributed by atoms with E-state index in [9.17, 15) is 4.79 Å². The van der Waals surface area contributed by atoms with Crippen LogP contribution in [0.2, 0.25) is 5.02 Å². The van der Waals surface area contributed by atoms with Crippen LogP contribution in [0.5, 0.6) is 5.75 Å². The highest BCUT2D eigenvalue weighted by Crippen LogP contribution is 2.44. The molecular formula is C30H30BrClN2O4. The van der Waals surface area contributed by atoms with E-state index in [2.05, 4.69) is 27.8 Å². The van der Waals surface area contributed by atoms with Crippen LogP contribution in [0.3, 0.4) is 0 Å². The molecule has 1 aliphatic rings. The molecule has 6 nitrogen and oxygen atoms in total. The molecule has 1 amide bonds. The van der Waals surface area contributed by atoms with Crippen molar-refractivity contribution in [2.45, 2.75) is 30.9 Å². The van der Waals surface area contributed by atoms with Gasteiger partial charge in [-0.15, -0.1) is 6.58 Å². The van der Waals surface area contributed by atoms with E-state index in [1.54, 1.807) is 6.08 Å². The second kappa shape index (κ2) is 13.1. The SMILES string of the molecule is C=CC[C@@]1(C(=O)NCCc2ccc(Cl)cc2)N=C(c2ccc(OCCCO)cc2)O[C@@H]1c1ccccc1Br. The van der Waals surface area contributed by atoms with Gasteiger partial charge in [0.15, 0.2) is 11.6 Å². The van der Waals surface area contributed by atoms with Gasteiger partial charge in [0.25, 0.3) is 5.91 Å². The molecule has 4 rings (SSSR count). The van der Waals surface area contributed by atoms with Crippen LogP contribution < -0.4 is 10.1 Å². The van der Waals surface area contributed by atoms with Crippen LogP contribution >= 0.6 is 27.5 Å². The average molecular weight is 598 g/mol. The van der Waals surface area contributed by atoms with Gasteiger partial charge in [0.2, 0.25) is 5.90 Å². The van der Waals surface area contributed by atoms with Gasteiger partial charge >= 0.3 is 0 Å². The van der Waals surface area contributed by atoms with Crippen molar-refractivity contribution >= 4 is 39.3 Å². The van der Waals surface area contributed by atoms with Crippen LogP contribution in [0.25, 0.3) is 0 Å². The van der Waals surface area contributed by atoms with Gasteiger partial charge in [-0.2, -0.15) is 0 Å². The molecule has 198 valence electrons. The molecule has 0 saturated heterocycles. The van der Waals surface area contributed by atoms with Crippen LogP contribution in [-0.4, -0.2) is 42.2 Å². The molecule has 1 heterocycles. The molecule has 0 aromatic heterocycles. The summed E-state index contributed by atoms with van der Waals surface area (Å²) in [6, 6.07) is 22.6. The number of halogens is 2. The molecule has 0 radical (unpaired) electrons. The van der Waals surface area contributed by atoms with Crippen LogP contribution in [0.4, 0.5) is 0 Å². The topological polar surface area (TPSA) is 80.2 Å². The lowest BCUT2D eigenvalue weighted by Crippen LogP contribution is -2.48. The zero-order chi connectivity index (χ0) is 27.0. The summed E-state index contributed by atoms with van der Waals surface area (Å²) in [6.45, 7) is 4.86. The number of amides is 1. The Labute approximate surface area is 236 Å². The second-order valence-corrected chi connectivity index (χ2v) is 10.2. The van der Waals surface area contributed by atoms with Crippen molar-refractivity contribution in [2.75, 3.05) is 19.8 Å². The third kappa shape index (κ3) is 6.46. The van der Waals surface area contributed by atoms with Gasteiger partial charge in [-0.3, -0.25) is 4.79 Å². The van der Waals surface area contributed by atoms with Crippen LogP contribution in [0.1, 0.15) is 35.6 Å². The van der Waals surface area contributed by atoms with E-state index in [1.165, 1.54) is 0 Å². The number of benzene rings is 3. The van der Waals surface area contributed by atoms with Crippen molar-refractivity contribution in [3.05, 3.63) is 112 Å². The molecule has 0 aliphatic carbocycles. The van der Waals surface area contributed by atoms with Gasteiger partial charge in [-0.05, 0) is 54.4 Å². The Balaban J connectivity index is 1.62. The average Bonchev–Trinajstić information content (AvgIpc) is 3.31. The standard InChI is InChI=1S/C30H30BrClN2O4/c1-2-17-30(29(36)33-18-16-21-8-12-23(32)13-9-21)27(25-6-3-4-7-26(25)31)38-28(34-30)22-10-14-24(15-11-22)37-20-5-19-35/h2-4,6-15,27,35H,1,5,16-20H2,(H,33,36)/t27-,30-/m1/s1. The summed E-state index contributed by atoms with van der Waals surface area (Å²) < 4.78 is 12.9. The third-order valence-corrected chi connectivity index (χ3v) is 7.26. The molecule has 8 heteroatoms. The summed E-state index contributed by atoms with van der Waals surface area (Å²) in [5, 5.41) is 12.7. The van der Waals surface area contributed by atoms with E-state index < -0.39 is 11.6 Å². The van der Waals surface area contributed by atoms with Crippen molar-refractivity contribution in [2.24, 2.45) is 4.99 Å². The summed E-state index contributed by atoms with van der Waals surface area (Å²) in [4.78, 5) is 18.8. The van der Waals surface area contributed by atoms with Crippen molar-refractivity contribution in [3.63, 3.8) is 0 Å². The number of carbonyl (C=O) groups is 1. The molecule has 0 bridgehead atoms. The Bertz CT molecular complexity index is 1280. The van der Waals surface area contributed by atoms with E-state index in [1.807, 2.05) is 72.8 Å². The number of carbonyl (C=O) groups excluding carboxylic acids is 1. The zero-order valence-corrected chi connectivity index (χ0v) is 23.2. The highest BCUT2D eigenvalue weighted by Gasteiger charge is 2.52. The molecule has 1 aliphatic heterocycles. The highest BCUT2D eigenvalue weighted by atomic mass is 79.9. The second-order valence-electron chi connectivity index (χ2n) is 8.94. The van der Waals surface area contributed by atoms with Gasteiger partial charge in [-0.1, -0.05) is 63.9 Å². The molecule has 0 spiro atoms. The maximum atomic E-state index is 13.9. The summed E-state index contributed by atoms with van der Waals surface area (Å²) in [7, 11) is 0. The van der Waals surface area contributed by atoms with Gasteiger partial charge in [-0.25, -0.2) is 4.99 Å². The van der Waals surface area contributed by atoms with Crippen molar-refractivity contribution in [1.29, 1.82) is 0 Å². The normalized spacial score (nSPS) is 18.4. The molecule has 3 aromatic rings. The lowest BCUT2D eigenvalue weighted by molar-refractivity contribution is -0.128. The minimum Gasteiger partial charge on any atom is -0.494 e. The van der Waals surface area contributed by atoms with E-state index in [0.29, 0.717) is 42.7 Å². The fraction of sp³-hybridized carbons (Fsp3) is 0.267. The van der Waals surface area contributed by atoms with Crippen LogP contribution in [-0.2, 0) is 16.0 Å². The Morgan fingerprint density at radius 1 is 1.16 bits per heavy atom.